The molecule has 0 fully saturated rings. The number of hydrogen-bond acceptors (Lipinski definition) is 6. The molecule has 0 spiro atoms. The molecule has 0 radical (unpaired) electrons. The fourth-order valence-corrected chi connectivity index (χ4v) is 4.22. The number of aromatic nitrogens is 4. The molecule has 0 unspecified atom stereocenters. The van der Waals surface area contributed by atoms with E-state index < -0.39 is 10.0 Å². The van der Waals surface area contributed by atoms with Crippen molar-refractivity contribution in [2.24, 2.45) is 0 Å². The topological polar surface area (TPSA) is 89.8 Å². The Morgan fingerprint density at radius 3 is 2.40 bits per heavy atom. The van der Waals surface area contributed by atoms with E-state index in [9.17, 15) is 8.42 Å². The van der Waals surface area contributed by atoms with Crippen molar-refractivity contribution in [3.05, 3.63) is 60.7 Å². The highest BCUT2D eigenvalue weighted by molar-refractivity contribution is 7.99. The lowest BCUT2D eigenvalue weighted by atomic mass is 10.3. The van der Waals surface area contributed by atoms with Crippen molar-refractivity contribution < 1.29 is 8.42 Å². The van der Waals surface area contributed by atoms with E-state index in [4.69, 9.17) is 0 Å². The van der Waals surface area contributed by atoms with Crippen LogP contribution in [0.1, 0.15) is 6.92 Å². The summed E-state index contributed by atoms with van der Waals surface area (Å²) in [5.41, 5.74) is 0.854. The summed E-state index contributed by atoms with van der Waals surface area (Å²) in [6, 6.07) is 17.8. The van der Waals surface area contributed by atoms with Gasteiger partial charge in [0.2, 0.25) is 15.2 Å². The number of hydrogen-bond donors (Lipinski definition) is 1. The van der Waals surface area contributed by atoms with Crippen LogP contribution in [0.25, 0.3) is 5.69 Å². The number of benzene rings is 2. The number of thioether (sulfide) groups is 1. The molecule has 0 aliphatic carbocycles. The van der Waals surface area contributed by atoms with Gasteiger partial charge in [-0.1, -0.05) is 55.1 Å². The van der Waals surface area contributed by atoms with Crippen LogP contribution in [0.15, 0.2) is 70.7 Å². The standard InChI is InChI=1S/C16H17N5O2S2/c1-13(12-17-25(22,23)15-10-6-3-7-11-15)24-16-18-19-20-21(16)14-8-4-2-5-9-14/h2-11,13,17H,12H2,1H3/t13-/m0/s1. The fraction of sp³-hybridized carbons (Fsp3) is 0.188. The van der Waals surface area contributed by atoms with Crippen molar-refractivity contribution in [3.63, 3.8) is 0 Å². The zero-order valence-corrected chi connectivity index (χ0v) is 15.1. The zero-order valence-electron chi connectivity index (χ0n) is 13.5. The first kappa shape index (κ1) is 17.6. The number of tetrazole rings is 1. The third-order valence-electron chi connectivity index (χ3n) is 3.36. The van der Waals surface area contributed by atoms with Crippen molar-refractivity contribution in [1.82, 2.24) is 24.9 Å². The average molecular weight is 375 g/mol. The minimum Gasteiger partial charge on any atom is -0.210 e. The number of para-hydroxylation sites is 1. The molecule has 9 heteroatoms. The van der Waals surface area contributed by atoms with E-state index in [0.717, 1.165) is 5.69 Å². The lowest BCUT2D eigenvalue weighted by molar-refractivity contribution is 0.581. The van der Waals surface area contributed by atoms with Gasteiger partial charge in [-0.05, 0) is 34.7 Å². The van der Waals surface area contributed by atoms with Crippen molar-refractivity contribution in [1.29, 1.82) is 0 Å². The molecule has 0 aliphatic rings. The number of nitrogens with one attached hydrogen (secondary N) is 1. The van der Waals surface area contributed by atoms with Crippen molar-refractivity contribution in [2.75, 3.05) is 6.54 Å². The molecular weight excluding hydrogens is 358 g/mol. The molecule has 1 aromatic heterocycles. The molecular formula is C16H17N5O2S2. The summed E-state index contributed by atoms with van der Waals surface area (Å²) >= 11 is 1.41. The Morgan fingerprint density at radius 1 is 1.08 bits per heavy atom. The Morgan fingerprint density at radius 2 is 1.72 bits per heavy atom. The Balaban J connectivity index is 1.64. The van der Waals surface area contributed by atoms with Gasteiger partial charge in [-0.2, -0.15) is 4.68 Å². The van der Waals surface area contributed by atoms with Crippen molar-refractivity contribution >= 4 is 21.8 Å². The van der Waals surface area contributed by atoms with Crippen molar-refractivity contribution in [2.45, 2.75) is 22.2 Å². The largest absolute Gasteiger partial charge is 0.240 e. The minimum atomic E-state index is -3.52. The van der Waals surface area contributed by atoms with Gasteiger partial charge in [0, 0.05) is 11.8 Å². The van der Waals surface area contributed by atoms with Crippen LogP contribution in [0.4, 0.5) is 0 Å². The maximum Gasteiger partial charge on any atom is 0.240 e. The smallest absolute Gasteiger partial charge is 0.210 e. The molecule has 130 valence electrons. The van der Waals surface area contributed by atoms with Crippen LogP contribution in [0.2, 0.25) is 0 Å². The monoisotopic (exact) mass is 375 g/mol. The second-order valence-corrected chi connectivity index (χ2v) is 8.47. The van der Waals surface area contributed by atoms with Gasteiger partial charge in [0.25, 0.3) is 0 Å². The average Bonchev–Trinajstić information content (AvgIpc) is 3.10. The minimum absolute atomic E-state index is 0.0491. The molecule has 1 heterocycles. The Kier molecular flexibility index (Phi) is 5.47. The predicted octanol–water partition coefficient (Wildman–Crippen LogP) is 2.12. The summed E-state index contributed by atoms with van der Waals surface area (Å²) in [5, 5.41) is 12.3. The first-order valence-corrected chi connectivity index (χ1v) is 9.98. The highest BCUT2D eigenvalue weighted by Crippen LogP contribution is 2.22. The maximum atomic E-state index is 12.3. The third-order valence-corrected chi connectivity index (χ3v) is 5.84. The second kappa shape index (κ2) is 7.77. The Labute approximate surface area is 150 Å². The molecule has 0 amide bonds. The van der Waals surface area contributed by atoms with Gasteiger partial charge in [-0.15, -0.1) is 5.10 Å². The summed E-state index contributed by atoms with van der Waals surface area (Å²) in [7, 11) is -3.52. The first-order valence-electron chi connectivity index (χ1n) is 7.61. The lowest BCUT2D eigenvalue weighted by Crippen LogP contribution is -2.29. The zero-order chi connectivity index (χ0) is 17.7. The van der Waals surface area contributed by atoms with Gasteiger partial charge in [0.15, 0.2) is 0 Å². The number of nitrogens with zero attached hydrogens (tertiary/aromatic N) is 4. The SMILES string of the molecule is C[C@@H](CNS(=O)(=O)c1ccccc1)Sc1nnnn1-c1ccccc1. The van der Waals surface area contributed by atoms with E-state index in [-0.39, 0.29) is 16.7 Å². The molecule has 0 aliphatic heterocycles. The van der Waals surface area contributed by atoms with Crippen LogP contribution in [0.3, 0.4) is 0 Å². The first-order chi connectivity index (χ1) is 12.1. The molecule has 3 rings (SSSR count). The third kappa shape index (κ3) is 4.44. The quantitative estimate of drug-likeness (QED) is 0.636. The molecule has 0 bridgehead atoms. The number of sulfonamides is 1. The van der Waals surface area contributed by atoms with Gasteiger partial charge in [-0.25, -0.2) is 13.1 Å². The summed E-state index contributed by atoms with van der Waals surface area (Å²) in [6.45, 7) is 2.19. The van der Waals surface area contributed by atoms with Crippen LogP contribution in [0, 0.1) is 0 Å². The fourth-order valence-electron chi connectivity index (χ4n) is 2.12. The summed E-state index contributed by atoms with van der Waals surface area (Å²) in [6.07, 6.45) is 0. The highest BCUT2D eigenvalue weighted by atomic mass is 32.2. The molecule has 25 heavy (non-hydrogen) atoms. The molecule has 1 atom stereocenters. The maximum absolute atomic E-state index is 12.3. The highest BCUT2D eigenvalue weighted by Gasteiger charge is 2.17. The van der Waals surface area contributed by atoms with Crippen molar-refractivity contribution in [3.8, 4) is 5.69 Å². The molecule has 0 saturated carbocycles. The van der Waals surface area contributed by atoms with Gasteiger partial charge in [0.05, 0.1) is 10.6 Å². The summed E-state index contributed by atoms with van der Waals surface area (Å²) in [5.74, 6) is 0. The lowest BCUT2D eigenvalue weighted by Gasteiger charge is -2.12. The van der Waals surface area contributed by atoms with Gasteiger partial charge in [0.1, 0.15) is 0 Å². The predicted molar refractivity (Wildman–Crippen MR) is 96.1 cm³/mol. The van der Waals surface area contributed by atoms with E-state index in [1.807, 2.05) is 37.3 Å². The Hall–Kier alpha value is -2.23. The van der Waals surface area contributed by atoms with E-state index in [1.165, 1.54) is 11.8 Å². The molecule has 7 nitrogen and oxygen atoms in total. The van der Waals surface area contributed by atoms with Crippen LogP contribution in [-0.2, 0) is 10.0 Å². The number of rotatable bonds is 7. The van der Waals surface area contributed by atoms with Crippen LogP contribution < -0.4 is 4.72 Å². The molecule has 2 aromatic carbocycles. The normalized spacial score (nSPS) is 12.8. The van der Waals surface area contributed by atoms with E-state index in [2.05, 4.69) is 20.2 Å². The van der Waals surface area contributed by atoms with E-state index in [0.29, 0.717) is 5.16 Å². The van der Waals surface area contributed by atoms with Gasteiger partial charge >= 0.3 is 0 Å². The van der Waals surface area contributed by atoms with Crippen LogP contribution in [0.5, 0.6) is 0 Å². The molecule has 0 saturated heterocycles. The van der Waals surface area contributed by atoms with Crippen LogP contribution in [-0.4, -0.2) is 40.4 Å². The summed E-state index contributed by atoms with van der Waals surface area (Å²) < 4.78 is 28.8. The molecule has 3 aromatic rings. The van der Waals surface area contributed by atoms with Gasteiger partial charge in [-0.3, -0.25) is 0 Å². The van der Waals surface area contributed by atoms with Gasteiger partial charge < -0.3 is 0 Å². The van der Waals surface area contributed by atoms with Crippen LogP contribution >= 0.6 is 11.8 Å². The van der Waals surface area contributed by atoms with E-state index >= 15 is 0 Å². The Bertz CT molecular complexity index is 914. The second-order valence-electron chi connectivity index (χ2n) is 5.30. The summed E-state index contributed by atoms with van der Waals surface area (Å²) in [4.78, 5) is 0.251. The molecule has 1 N–H and O–H groups in total. The van der Waals surface area contributed by atoms with E-state index in [1.54, 1.807) is 35.0 Å².